The van der Waals surface area contributed by atoms with E-state index in [-0.39, 0.29) is 6.10 Å². The highest BCUT2D eigenvalue weighted by atomic mass is 16.3. The number of aliphatic hydroxyl groups is 1. The van der Waals surface area contributed by atoms with Crippen LogP contribution in [-0.2, 0) is 0 Å². The molecule has 0 bridgehead atoms. The summed E-state index contributed by atoms with van der Waals surface area (Å²) in [5, 5.41) is 9.20. The van der Waals surface area contributed by atoms with Crippen molar-refractivity contribution in [2.75, 3.05) is 19.6 Å². The first-order chi connectivity index (χ1) is 5.59. The van der Waals surface area contributed by atoms with Crippen LogP contribution in [0.5, 0.6) is 0 Å². The summed E-state index contributed by atoms with van der Waals surface area (Å²) in [6.45, 7) is 9.65. The molecular weight excluding hydrogens is 150 g/mol. The van der Waals surface area contributed by atoms with E-state index in [1.807, 2.05) is 6.92 Å². The van der Waals surface area contributed by atoms with Crippen molar-refractivity contribution in [3.8, 4) is 0 Å². The van der Waals surface area contributed by atoms with Gasteiger partial charge in [0.25, 0.3) is 0 Å². The lowest BCUT2D eigenvalue weighted by Crippen LogP contribution is -2.29. The summed E-state index contributed by atoms with van der Waals surface area (Å²) in [5.74, 6) is 1.65. The first-order valence-electron chi connectivity index (χ1n) is 5.00. The molecule has 2 atom stereocenters. The summed E-state index contributed by atoms with van der Waals surface area (Å²) in [6.07, 6.45) is 1.14. The first kappa shape index (κ1) is 10.0. The maximum atomic E-state index is 9.20. The lowest BCUT2D eigenvalue weighted by molar-refractivity contribution is 0.137. The second kappa shape index (κ2) is 4.24. The Morgan fingerprint density at radius 3 is 2.50 bits per heavy atom. The van der Waals surface area contributed by atoms with Gasteiger partial charge in [-0.05, 0) is 31.7 Å². The zero-order valence-electron chi connectivity index (χ0n) is 8.45. The zero-order chi connectivity index (χ0) is 9.14. The molecule has 1 N–H and O–H groups in total. The SMILES string of the molecule is CC(O)CN1CCC(C(C)C)C1. The van der Waals surface area contributed by atoms with Crippen molar-refractivity contribution in [2.45, 2.75) is 33.3 Å². The van der Waals surface area contributed by atoms with Gasteiger partial charge >= 0.3 is 0 Å². The molecular formula is C10H21NO. The van der Waals surface area contributed by atoms with Crippen LogP contribution >= 0.6 is 0 Å². The second-order valence-corrected chi connectivity index (χ2v) is 4.40. The summed E-state index contributed by atoms with van der Waals surface area (Å²) >= 11 is 0. The summed E-state index contributed by atoms with van der Waals surface area (Å²) in [4.78, 5) is 2.37. The van der Waals surface area contributed by atoms with E-state index in [0.29, 0.717) is 0 Å². The second-order valence-electron chi connectivity index (χ2n) is 4.40. The summed E-state index contributed by atoms with van der Waals surface area (Å²) < 4.78 is 0. The average Bonchev–Trinajstić information content (AvgIpc) is 2.34. The topological polar surface area (TPSA) is 23.5 Å². The summed E-state index contributed by atoms with van der Waals surface area (Å²) in [6, 6.07) is 0. The number of hydrogen-bond acceptors (Lipinski definition) is 2. The molecule has 72 valence electrons. The third-order valence-electron chi connectivity index (χ3n) is 2.77. The highest BCUT2D eigenvalue weighted by molar-refractivity contribution is 4.78. The molecule has 0 spiro atoms. The molecule has 2 nitrogen and oxygen atoms in total. The van der Waals surface area contributed by atoms with Gasteiger partial charge in [0.1, 0.15) is 0 Å². The van der Waals surface area contributed by atoms with Crippen LogP contribution < -0.4 is 0 Å². The van der Waals surface area contributed by atoms with Crippen molar-refractivity contribution in [1.82, 2.24) is 4.90 Å². The number of aliphatic hydroxyl groups excluding tert-OH is 1. The van der Waals surface area contributed by atoms with Gasteiger partial charge in [0.2, 0.25) is 0 Å². The van der Waals surface area contributed by atoms with Gasteiger partial charge in [0.05, 0.1) is 6.10 Å². The Labute approximate surface area is 75.6 Å². The van der Waals surface area contributed by atoms with Gasteiger partial charge in [-0.3, -0.25) is 0 Å². The predicted molar refractivity (Wildman–Crippen MR) is 51.1 cm³/mol. The van der Waals surface area contributed by atoms with Crippen molar-refractivity contribution in [2.24, 2.45) is 11.8 Å². The normalized spacial score (nSPS) is 28.2. The van der Waals surface area contributed by atoms with Crippen LogP contribution in [0.3, 0.4) is 0 Å². The highest BCUT2D eigenvalue weighted by Crippen LogP contribution is 2.23. The Bertz CT molecular complexity index is 134. The third-order valence-corrected chi connectivity index (χ3v) is 2.77. The van der Waals surface area contributed by atoms with Gasteiger partial charge in [-0.15, -0.1) is 0 Å². The molecule has 12 heavy (non-hydrogen) atoms. The van der Waals surface area contributed by atoms with E-state index in [4.69, 9.17) is 0 Å². The number of likely N-dealkylation sites (tertiary alicyclic amines) is 1. The van der Waals surface area contributed by atoms with Crippen molar-refractivity contribution in [1.29, 1.82) is 0 Å². The fraction of sp³-hybridized carbons (Fsp3) is 1.00. The van der Waals surface area contributed by atoms with Crippen LogP contribution in [0.4, 0.5) is 0 Å². The number of rotatable bonds is 3. The van der Waals surface area contributed by atoms with Crippen LogP contribution in [-0.4, -0.2) is 35.7 Å². The minimum Gasteiger partial charge on any atom is -0.392 e. The molecule has 0 saturated carbocycles. The lowest BCUT2D eigenvalue weighted by Gasteiger charge is -2.18. The van der Waals surface area contributed by atoms with Crippen LogP contribution in [0.15, 0.2) is 0 Å². The van der Waals surface area contributed by atoms with Crippen molar-refractivity contribution >= 4 is 0 Å². The molecule has 2 unspecified atom stereocenters. The Morgan fingerprint density at radius 2 is 2.08 bits per heavy atom. The van der Waals surface area contributed by atoms with Crippen LogP contribution in [0, 0.1) is 11.8 Å². The molecule has 0 aliphatic carbocycles. The summed E-state index contributed by atoms with van der Waals surface area (Å²) in [7, 11) is 0. The van der Waals surface area contributed by atoms with Gasteiger partial charge < -0.3 is 10.0 Å². The average molecular weight is 171 g/mol. The van der Waals surface area contributed by atoms with E-state index in [1.54, 1.807) is 0 Å². The van der Waals surface area contributed by atoms with E-state index in [0.717, 1.165) is 18.4 Å². The molecule has 1 aliphatic heterocycles. The number of β-amino-alcohol motifs (C(OH)–C–C–N with tert-alkyl or cyclic N) is 1. The molecule has 2 heteroatoms. The molecule has 1 aliphatic rings. The largest absolute Gasteiger partial charge is 0.392 e. The first-order valence-corrected chi connectivity index (χ1v) is 5.00. The monoisotopic (exact) mass is 171 g/mol. The van der Waals surface area contributed by atoms with E-state index >= 15 is 0 Å². The van der Waals surface area contributed by atoms with Gasteiger partial charge in [-0.1, -0.05) is 13.8 Å². The summed E-state index contributed by atoms with van der Waals surface area (Å²) in [5.41, 5.74) is 0. The number of hydrogen-bond donors (Lipinski definition) is 1. The fourth-order valence-electron chi connectivity index (χ4n) is 1.95. The van der Waals surface area contributed by atoms with E-state index in [9.17, 15) is 5.11 Å². The molecule has 0 aromatic carbocycles. The van der Waals surface area contributed by atoms with Crippen molar-refractivity contribution in [3.63, 3.8) is 0 Å². The lowest BCUT2D eigenvalue weighted by atomic mass is 9.95. The fourth-order valence-corrected chi connectivity index (χ4v) is 1.95. The minimum atomic E-state index is -0.170. The third kappa shape index (κ3) is 2.76. The molecule has 1 heterocycles. The predicted octanol–water partition coefficient (Wildman–Crippen LogP) is 1.35. The minimum absolute atomic E-state index is 0.170. The van der Waals surface area contributed by atoms with Crippen LogP contribution in [0.25, 0.3) is 0 Å². The Hall–Kier alpha value is -0.0800. The van der Waals surface area contributed by atoms with Crippen molar-refractivity contribution < 1.29 is 5.11 Å². The zero-order valence-corrected chi connectivity index (χ0v) is 8.45. The Balaban J connectivity index is 2.26. The Morgan fingerprint density at radius 1 is 1.42 bits per heavy atom. The van der Waals surface area contributed by atoms with Gasteiger partial charge in [-0.2, -0.15) is 0 Å². The molecule has 0 amide bonds. The molecule has 1 saturated heterocycles. The van der Waals surface area contributed by atoms with Gasteiger partial charge in [-0.25, -0.2) is 0 Å². The number of nitrogens with zero attached hydrogens (tertiary/aromatic N) is 1. The maximum absolute atomic E-state index is 9.20. The Kier molecular flexibility index (Phi) is 3.53. The highest BCUT2D eigenvalue weighted by Gasteiger charge is 2.24. The van der Waals surface area contributed by atoms with Crippen LogP contribution in [0.1, 0.15) is 27.2 Å². The maximum Gasteiger partial charge on any atom is 0.0639 e. The smallest absolute Gasteiger partial charge is 0.0639 e. The van der Waals surface area contributed by atoms with E-state index in [1.165, 1.54) is 19.5 Å². The van der Waals surface area contributed by atoms with E-state index in [2.05, 4.69) is 18.7 Å². The molecule has 0 aromatic rings. The molecule has 0 aromatic heterocycles. The van der Waals surface area contributed by atoms with Crippen LogP contribution in [0.2, 0.25) is 0 Å². The molecule has 1 rings (SSSR count). The standard InChI is InChI=1S/C10H21NO/c1-8(2)10-4-5-11(7-10)6-9(3)12/h8-10,12H,4-7H2,1-3H3. The molecule has 0 radical (unpaired) electrons. The molecule has 1 fully saturated rings. The van der Waals surface area contributed by atoms with Gasteiger partial charge in [0.15, 0.2) is 0 Å². The van der Waals surface area contributed by atoms with E-state index < -0.39 is 0 Å². The quantitative estimate of drug-likeness (QED) is 0.693. The van der Waals surface area contributed by atoms with Crippen molar-refractivity contribution in [3.05, 3.63) is 0 Å². The van der Waals surface area contributed by atoms with Gasteiger partial charge in [0, 0.05) is 13.1 Å².